The minimum Gasteiger partial charge on any atom is -0.369 e. The minimum absolute atomic E-state index is 0.728. The number of nitrogens with zero attached hydrogens (tertiary/aromatic N) is 7. The van der Waals surface area contributed by atoms with E-state index in [-0.39, 0.29) is 0 Å². The topological polar surface area (TPSA) is 65.3 Å². The van der Waals surface area contributed by atoms with Crippen LogP contribution in [0.25, 0.3) is 22.6 Å². The van der Waals surface area contributed by atoms with Gasteiger partial charge >= 0.3 is 0 Å². The maximum absolute atomic E-state index is 4.82. The summed E-state index contributed by atoms with van der Waals surface area (Å²) in [7, 11) is 8.33. The summed E-state index contributed by atoms with van der Waals surface area (Å²) < 4.78 is 1.95. The highest BCUT2D eigenvalue weighted by Gasteiger charge is 2.16. The molecule has 0 aliphatic carbocycles. The fourth-order valence-electron chi connectivity index (χ4n) is 3.75. The second-order valence-corrected chi connectivity index (χ2v) is 8.34. The molecule has 8 nitrogen and oxygen atoms in total. The number of anilines is 2. The third kappa shape index (κ3) is 4.55. The van der Waals surface area contributed by atoms with Gasteiger partial charge in [-0.1, -0.05) is 0 Å². The molecule has 30 heavy (non-hydrogen) atoms. The van der Waals surface area contributed by atoms with Crippen molar-refractivity contribution in [2.45, 2.75) is 6.42 Å². The summed E-state index contributed by atoms with van der Waals surface area (Å²) >= 11 is 0. The SMILES string of the molecule is CN(C)CCCNc1nc(-c2ccc(N3CCN(C)CC3)cc2)nc2c1ncn2C. The molecule has 0 unspecified atom stereocenters. The molecule has 0 saturated carbocycles. The molecular formula is C22H32N8. The zero-order chi connectivity index (χ0) is 21.1. The Kier molecular flexibility index (Phi) is 6.15. The van der Waals surface area contributed by atoms with Crippen molar-refractivity contribution in [1.29, 1.82) is 0 Å². The average Bonchev–Trinajstić information content (AvgIpc) is 3.12. The number of aryl methyl sites for hydroxylation is 1. The van der Waals surface area contributed by atoms with Crippen molar-refractivity contribution >= 4 is 22.7 Å². The smallest absolute Gasteiger partial charge is 0.165 e. The average molecular weight is 409 g/mol. The normalized spacial score (nSPS) is 15.3. The number of nitrogens with one attached hydrogen (secondary N) is 1. The highest BCUT2D eigenvalue weighted by molar-refractivity contribution is 5.85. The Hall–Kier alpha value is -2.71. The van der Waals surface area contributed by atoms with Crippen molar-refractivity contribution in [1.82, 2.24) is 29.3 Å². The summed E-state index contributed by atoms with van der Waals surface area (Å²) in [4.78, 5) is 21.1. The van der Waals surface area contributed by atoms with Crippen LogP contribution in [0.4, 0.5) is 11.5 Å². The number of likely N-dealkylation sites (N-methyl/N-ethyl adjacent to an activating group) is 1. The Morgan fingerprint density at radius 2 is 1.73 bits per heavy atom. The molecule has 0 bridgehead atoms. The first-order valence-electron chi connectivity index (χ1n) is 10.6. The van der Waals surface area contributed by atoms with E-state index in [9.17, 15) is 0 Å². The maximum Gasteiger partial charge on any atom is 0.165 e. The van der Waals surface area contributed by atoms with Gasteiger partial charge in [0.2, 0.25) is 0 Å². The number of fused-ring (bicyclic) bond motifs is 1. The predicted molar refractivity (Wildman–Crippen MR) is 123 cm³/mol. The molecule has 8 heteroatoms. The van der Waals surface area contributed by atoms with Gasteiger partial charge in [-0.05, 0) is 58.4 Å². The van der Waals surface area contributed by atoms with Crippen LogP contribution in [-0.2, 0) is 7.05 Å². The molecule has 0 radical (unpaired) electrons. The fraction of sp³-hybridized carbons (Fsp3) is 0.500. The van der Waals surface area contributed by atoms with Gasteiger partial charge in [-0.3, -0.25) is 0 Å². The van der Waals surface area contributed by atoms with Gasteiger partial charge in [0, 0.05) is 51.0 Å². The Balaban J connectivity index is 1.56. The Morgan fingerprint density at radius 1 is 1.00 bits per heavy atom. The predicted octanol–water partition coefficient (Wildman–Crippen LogP) is 2.15. The summed E-state index contributed by atoms with van der Waals surface area (Å²) in [6, 6.07) is 8.62. The number of aromatic nitrogens is 4. The van der Waals surface area contributed by atoms with Crippen LogP contribution in [0.2, 0.25) is 0 Å². The number of piperazine rings is 1. The molecular weight excluding hydrogens is 376 g/mol. The van der Waals surface area contributed by atoms with Crippen molar-refractivity contribution in [2.24, 2.45) is 7.05 Å². The summed E-state index contributed by atoms with van der Waals surface area (Å²) in [5.41, 5.74) is 3.95. The van der Waals surface area contributed by atoms with Crippen LogP contribution < -0.4 is 10.2 Å². The highest BCUT2D eigenvalue weighted by Crippen LogP contribution is 2.26. The van der Waals surface area contributed by atoms with Crippen molar-refractivity contribution in [3.8, 4) is 11.4 Å². The van der Waals surface area contributed by atoms with Gasteiger partial charge in [-0.2, -0.15) is 0 Å². The molecule has 1 fully saturated rings. The Morgan fingerprint density at radius 3 is 2.43 bits per heavy atom. The number of rotatable bonds is 7. The molecule has 160 valence electrons. The van der Waals surface area contributed by atoms with Crippen LogP contribution in [0, 0.1) is 0 Å². The Bertz CT molecular complexity index is 971. The second kappa shape index (κ2) is 8.97. The maximum atomic E-state index is 4.82. The molecule has 1 saturated heterocycles. The van der Waals surface area contributed by atoms with E-state index < -0.39 is 0 Å². The van der Waals surface area contributed by atoms with E-state index in [0.29, 0.717) is 0 Å². The molecule has 0 atom stereocenters. The summed E-state index contributed by atoms with van der Waals surface area (Å²) in [5, 5.41) is 3.47. The van der Waals surface area contributed by atoms with E-state index in [1.807, 2.05) is 11.6 Å². The van der Waals surface area contributed by atoms with Crippen LogP contribution in [0.15, 0.2) is 30.6 Å². The number of imidazole rings is 1. The lowest BCUT2D eigenvalue weighted by Crippen LogP contribution is -2.44. The van der Waals surface area contributed by atoms with Gasteiger partial charge in [0.15, 0.2) is 17.3 Å². The van der Waals surface area contributed by atoms with E-state index >= 15 is 0 Å². The zero-order valence-corrected chi connectivity index (χ0v) is 18.5. The molecule has 4 rings (SSSR count). The zero-order valence-electron chi connectivity index (χ0n) is 18.5. The van der Waals surface area contributed by atoms with E-state index in [1.165, 1.54) is 5.69 Å². The van der Waals surface area contributed by atoms with E-state index in [2.05, 4.69) is 70.4 Å². The van der Waals surface area contributed by atoms with Crippen LogP contribution in [0.5, 0.6) is 0 Å². The molecule has 1 aliphatic heterocycles. The molecule has 0 amide bonds. The molecule has 0 spiro atoms. The van der Waals surface area contributed by atoms with Crippen LogP contribution in [0.3, 0.4) is 0 Å². The molecule has 3 aromatic rings. The van der Waals surface area contributed by atoms with Gasteiger partial charge in [0.05, 0.1) is 6.33 Å². The third-order valence-electron chi connectivity index (χ3n) is 5.63. The van der Waals surface area contributed by atoms with E-state index in [4.69, 9.17) is 9.97 Å². The molecule has 1 N–H and O–H groups in total. The van der Waals surface area contributed by atoms with Gasteiger partial charge in [0.1, 0.15) is 5.52 Å². The Labute approximate surface area is 178 Å². The van der Waals surface area contributed by atoms with Crippen molar-refractivity contribution in [3.63, 3.8) is 0 Å². The molecule has 1 aromatic carbocycles. The third-order valence-corrected chi connectivity index (χ3v) is 5.63. The summed E-state index contributed by atoms with van der Waals surface area (Å²) in [5.74, 6) is 1.53. The van der Waals surface area contributed by atoms with E-state index in [0.717, 1.165) is 74.1 Å². The number of hydrogen-bond donors (Lipinski definition) is 1. The lowest BCUT2D eigenvalue weighted by atomic mass is 10.1. The van der Waals surface area contributed by atoms with Crippen LogP contribution >= 0.6 is 0 Å². The second-order valence-electron chi connectivity index (χ2n) is 8.34. The van der Waals surface area contributed by atoms with Gasteiger partial charge in [-0.25, -0.2) is 15.0 Å². The first-order valence-corrected chi connectivity index (χ1v) is 10.6. The van der Waals surface area contributed by atoms with Crippen LogP contribution in [0.1, 0.15) is 6.42 Å². The van der Waals surface area contributed by atoms with Crippen molar-refractivity contribution in [2.75, 3.05) is 70.6 Å². The van der Waals surface area contributed by atoms with Gasteiger partial charge in [0.25, 0.3) is 0 Å². The largest absolute Gasteiger partial charge is 0.369 e. The monoisotopic (exact) mass is 408 g/mol. The standard InChI is InChI=1S/C22H32N8/c1-27(2)11-5-10-23-21-19-22(29(4)16-24-19)26-20(25-21)17-6-8-18(9-7-17)30-14-12-28(3)13-15-30/h6-9,16H,5,10-15H2,1-4H3,(H,23,25,26). The van der Waals surface area contributed by atoms with Crippen LogP contribution in [-0.4, -0.2) is 89.7 Å². The van der Waals surface area contributed by atoms with Gasteiger partial charge in [-0.15, -0.1) is 0 Å². The highest BCUT2D eigenvalue weighted by atomic mass is 15.2. The lowest BCUT2D eigenvalue weighted by molar-refractivity contribution is 0.313. The van der Waals surface area contributed by atoms with Gasteiger partial charge < -0.3 is 24.6 Å². The minimum atomic E-state index is 0.728. The first kappa shape index (κ1) is 20.6. The van der Waals surface area contributed by atoms with E-state index in [1.54, 1.807) is 6.33 Å². The number of hydrogen-bond acceptors (Lipinski definition) is 7. The summed E-state index contributed by atoms with van der Waals surface area (Å²) in [6.07, 6.45) is 2.84. The quantitative estimate of drug-likeness (QED) is 0.601. The first-order chi connectivity index (χ1) is 14.5. The van der Waals surface area contributed by atoms with Crippen molar-refractivity contribution < 1.29 is 0 Å². The molecule has 1 aliphatic rings. The lowest BCUT2D eigenvalue weighted by Gasteiger charge is -2.34. The van der Waals surface area contributed by atoms with Crippen molar-refractivity contribution in [3.05, 3.63) is 30.6 Å². The number of benzene rings is 1. The molecule has 2 aromatic heterocycles. The molecule has 3 heterocycles. The fourth-order valence-corrected chi connectivity index (χ4v) is 3.75. The summed E-state index contributed by atoms with van der Waals surface area (Å²) in [6.45, 7) is 6.21.